The van der Waals surface area contributed by atoms with E-state index >= 15 is 0 Å². The molecular weight excluding hydrogens is 372 g/mol. The molecule has 1 saturated heterocycles. The monoisotopic (exact) mass is 398 g/mol. The van der Waals surface area contributed by atoms with E-state index in [4.69, 9.17) is 9.72 Å². The molecule has 0 aliphatic carbocycles. The van der Waals surface area contributed by atoms with Gasteiger partial charge in [0.15, 0.2) is 0 Å². The molecule has 0 saturated carbocycles. The fraction of sp³-hybridized carbons (Fsp3) is 0.429. The van der Waals surface area contributed by atoms with Crippen molar-refractivity contribution < 1.29 is 9.53 Å². The number of aromatic nitrogens is 2. The van der Waals surface area contributed by atoms with Crippen molar-refractivity contribution in [2.75, 3.05) is 25.0 Å². The van der Waals surface area contributed by atoms with Crippen LogP contribution in [0.3, 0.4) is 0 Å². The Morgan fingerprint density at radius 2 is 2.18 bits per heavy atom. The van der Waals surface area contributed by atoms with E-state index in [1.165, 1.54) is 5.56 Å². The first-order valence-corrected chi connectivity index (χ1v) is 10.8. The third-order valence-electron chi connectivity index (χ3n) is 5.16. The van der Waals surface area contributed by atoms with Crippen molar-refractivity contribution >= 4 is 34.4 Å². The van der Waals surface area contributed by atoms with E-state index in [9.17, 15) is 4.79 Å². The molecule has 148 valence electrons. The van der Waals surface area contributed by atoms with Gasteiger partial charge in [0, 0.05) is 19.1 Å². The number of anilines is 1. The van der Waals surface area contributed by atoms with Crippen molar-refractivity contribution in [3.63, 3.8) is 0 Å². The van der Waals surface area contributed by atoms with E-state index in [1.54, 1.807) is 11.3 Å². The molecule has 2 aromatic heterocycles. The van der Waals surface area contributed by atoms with E-state index in [1.807, 2.05) is 17.9 Å². The van der Waals surface area contributed by atoms with Crippen molar-refractivity contribution in [2.45, 2.75) is 38.8 Å². The number of nitrogens with one attached hydrogen (secondary N) is 1. The maximum absolute atomic E-state index is 12.0. The maximum Gasteiger partial charge on any atom is 0.409 e. The number of benzene rings is 1. The summed E-state index contributed by atoms with van der Waals surface area (Å²) in [6.07, 6.45) is 2.66. The number of thiophene rings is 1. The van der Waals surface area contributed by atoms with Gasteiger partial charge in [-0.15, -0.1) is 0 Å². The summed E-state index contributed by atoms with van der Waals surface area (Å²) < 4.78 is 7.41. The summed E-state index contributed by atoms with van der Waals surface area (Å²) in [6.45, 7) is 4.53. The van der Waals surface area contributed by atoms with Gasteiger partial charge in [0.2, 0.25) is 5.95 Å². The van der Waals surface area contributed by atoms with Crippen molar-refractivity contribution in [1.82, 2.24) is 14.5 Å². The molecule has 7 heteroatoms. The molecule has 3 aromatic rings. The van der Waals surface area contributed by atoms with E-state index in [0.29, 0.717) is 13.2 Å². The molecule has 1 N–H and O–H groups in total. The summed E-state index contributed by atoms with van der Waals surface area (Å²) in [7, 11) is 0. The zero-order valence-electron chi connectivity index (χ0n) is 16.1. The molecule has 1 unspecified atom stereocenters. The number of ether oxygens (including phenoxy) is 1. The van der Waals surface area contributed by atoms with Crippen LogP contribution in [0, 0.1) is 0 Å². The first-order valence-electron chi connectivity index (χ1n) is 9.89. The van der Waals surface area contributed by atoms with Crippen LogP contribution in [0.4, 0.5) is 10.7 Å². The average Bonchev–Trinajstić information content (AvgIpc) is 3.26. The lowest BCUT2D eigenvalue weighted by molar-refractivity contribution is 0.108. The number of carbonyl (C=O) groups is 1. The van der Waals surface area contributed by atoms with Gasteiger partial charge in [0.25, 0.3) is 0 Å². The zero-order chi connectivity index (χ0) is 19.3. The number of para-hydroxylation sites is 2. The summed E-state index contributed by atoms with van der Waals surface area (Å²) in [5.74, 6) is 0.905. The van der Waals surface area contributed by atoms with Gasteiger partial charge in [-0.2, -0.15) is 11.3 Å². The Kier molecular flexibility index (Phi) is 5.81. The van der Waals surface area contributed by atoms with Crippen molar-refractivity contribution in [3.8, 4) is 0 Å². The van der Waals surface area contributed by atoms with E-state index in [0.717, 1.165) is 49.3 Å². The SMILES string of the molecule is CCOC(=O)N1CCCC(Nc2nc3ccccc3n2Cc2ccsc2)CC1. The third kappa shape index (κ3) is 4.14. The largest absolute Gasteiger partial charge is 0.450 e. The highest BCUT2D eigenvalue weighted by molar-refractivity contribution is 7.07. The van der Waals surface area contributed by atoms with Crippen molar-refractivity contribution in [3.05, 3.63) is 46.7 Å². The Morgan fingerprint density at radius 3 is 3.00 bits per heavy atom. The maximum atomic E-state index is 12.0. The topological polar surface area (TPSA) is 59.4 Å². The van der Waals surface area contributed by atoms with E-state index < -0.39 is 0 Å². The predicted molar refractivity (Wildman–Crippen MR) is 113 cm³/mol. The van der Waals surface area contributed by atoms with Gasteiger partial charge < -0.3 is 19.5 Å². The highest BCUT2D eigenvalue weighted by atomic mass is 32.1. The first-order chi connectivity index (χ1) is 13.7. The molecule has 1 aliphatic rings. The van der Waals surface area contributed by atoms with Crippen LogP contribution < -0.4 is 5.32 Å². The molecule has 1 atom stereocenters. The number of hydrogen-bond donors (Lipinski definition) is 1. The summed E-state index contributed by atoms with van der Waals surface area (Å²) in [6, 6.07) is 10.7. The fourth-order valence-electron chi connectivity index (χ4n) is 3.73. The molecule has 0 radical (unpaired) electrons. The van der Waals surface area contributed by atoms with Gasteiger partial charge >= 0.3 is 6.09 Å². The third-order valence-corrected chi connectivity index (χ3v) is 5.89. The second-order valence-corrected chi connectivity index (χ2v) is 7.88. The molecule has 0 spiro atoms. The van der Waals surface area contributed by atoms with Crippen LogP contribution in [0.2, 0.25) is 0 Å². The van der Waals surface area contributed by atoms with Gasteiger partial charge in [-0.1, -0.05) is 12.1 Å². The van der Waals surface area contributed by atoms with Gasteiger partial charge in [-0.05, 0) is 60.7 Å². The van der Waals surface area contributed by atoms with Crippen LogP contribution in [-0.4, -0.2) is 46.3 Å². The van der Waals surface area contributed by atoms with Gasteiger partial charge in [0.05, 0.1) is 24.2 Å². The lowest BCUT2D eigenvalue weighted by atomic mass is 10.1. The Balaban J connectivity index is 1.52. The molecule has 0 bridgehead atoms. The molecule has 1 amide bonds. The van der Waals surface area contributed by atoms with Crippen LogP contribution in [0.1, 0.15) is 31.7 Å². The number of hydrogen-bond acceptors (Lipinski definition) is 5. The fourth-order valence-corrected chi connectivity index (χ4v) is 4.39. The molecule has 1 aromatic carbocycles. The van der Waals surface area contributed by atoms with Crippen molar-refractivity contribution in [2.24, 2.45) is 0 Å². The highest BCUT2D eigenvalue weighted by Gasteiger charge is 2.23. The number of rotatable bonds is 5. The molecule has 3 heterocycles. The first kappa shape index (κ1) is 18.8. The van der Waals surface area contributed by atoms with Crippen LogP contribution in [0.25, 0.3) is 11.0 Å². The number of nitrogens with zero attached hydrogens (tertiary/aromatic N) is 3. The number of carbonyl (C=O) groups excluding carboxylic acids is 1. The molecule has 1 fully saturated rings. The standard InChI is InChI=1S/C21H26N4O2S/c1-2-27-21(26)24-11-5-6-17(9-12-24)22-20-23-18-7-3-4-8-19(18)25(20)14-16-10-13-28-15-16/h3-4,7-8,10,13,15,17H,2,5-6,9,11-12,14H2,1H3,(H,22,23). The van der Waals surface area contributed by atoms with Gasteiger partial charge in [0.1, 0.15) is 0 Å². The summed E-state index contributed by atoms with van der Waals surface area (Å²) >= 11 is 1.71. The average molecular weight is 399 g/mol. The van der Waals surface area contributed by atoms with Gasteiger partial charge in [-0.3, -0.25) is 0 Å². The molecule has 6 nitrogen and oxygen atoms in total. The predicted octanol–water partition coefficient (Wildman–Crippen LogP) is 4.57. The number of fused-ring (bicyclic) bond motifs is 1. The minimum atomic E-state index is -0.201. The molecule has 1 aliphatic heterocycles. The lowest BCUT2D eigenvalue weighted by Crippen LogP contribution is -2.33. The Hall–Kier alpha value is -2.54. The van der Waals surface area contributed by atoms with Crippen LogP contribution in [0.15, 0.2) is 41.1 Å². The van der Waals surface area contributed by atoms with E-state index in [2.05, 4.69) is 44.9 Å². The van der Waals surface area contributed by atoms with Crippen molar-refractivity contribution in [1.29, 1.82) is 0 Å². The quantitative estimate of drug-likeness (QED) is 0.684. The minimum Gasteiger partial charge on any atom is -0.450 e. The number of likely N-dealkylation sites (tertiary alicyclic amines) is 1. The summed E-state index contributed by atoms with van der Waals surface area (Å²) in [5, 5.41) is 7.95. The number of amides is 1. The molecule has 4 rings (SSSR count). The Labute approximate surface area is 169 Å². The second kappa shape index (κ2) is 8.65. The van der Waals surface area contributed by atoms with Gasteiger partial charge in [-0.25, -0.2) is 9.78 Å². The lowest BCUT2D eigenvalue weighted by Gasteiger charge is -2.20. The summed E-state index contributed by atoms with van der Waals surface area (Å²) in [5.41, 5.74) is 3.42. The zero-order valence-corrected chi connectivity index (χ0v) is 17.0. The number of imidazole rings is 1. The smallest absolute Gasteiger partial charge is 0.409 e. The minimum absolute atomic E-state index is 0.201. The van der Waals surface area contributed by atoms with E-state index in [-0.39, 0.29) is 12.1 Å². The Bertz CT molecular complexity index is 922. The van der Waals surface area contributed by atoms with Crippen LogP contribution in [-0.2, 0) is 11.3 Å². The normalized spacial score (nSPS) is 17.5. The second-order valence-electron chi connectivity index (χ2n) is 7.10. The van der Waals surface area contributed by atoms with Crippen LogP contribution >= 0.6 is 11.3 Å². The molecule has 28 heavy (non-hydrogen) atoms. The highest BCUT2D eigenvalue weighted by Crippen LogP contribution is 2.24. The molecular formula is C21H26N4O2S. The Morgan fingerprint density at radius 1 is 1.29 bits per heavy atom. The summed E-state index contributed by atoms with van der Waals surface area (Å²) in [4.78, 5) is 18.7. The van der Waals surface area contributed by atoms with Crippen LogP contribution in [0.5, 0.6) is 0 Å².